The summed E-state index contributed by atoms with van der Waals surface area (Å²) >= 11 is 0. The predicted molar refractivity (Wildman–Crippen MR) is 65.7 cm³/mol. The molecule has 1 aromatic heterocycles. The van der Waals surface area contributed by atoms with E-state index in [4.69, 9.17) is 5.26 Å². The van der Waals surface area contributed by atoms with Crippen LogP contribution in [0.2, 0.25) is 0 Å². The molecule has 1 heterocycles. The Hall–Kier alpha value is -2.34. The number of nitriles is 1. The molecule has 0 bridgehead atoms. The van der Waals surface area contributed by atoms with Crippen LogP contribution in [0.3, 0.4) is 0 Å². The number of aryl methyl sites for hydroxylation is 1. The summed E-state index contributed by atoms with van der Waals surface area (Å²) in [7, 11) is 0. The van der Waals surface area contributed by atoms with Gasteiger partial charge in [-0.05, 0) is 31.5 Å². The molecule has 2 rings (SSSR count). The van der Waals surface area contributed by atoms with E-state index in [0.29, 0.717) is 5.56 Å². The van der Waals surface area contributed by atoms with Gasteiger partial charge >= 0.3 is 0 Å². The van der Waals surface area contributed by atoms with Crippen molar-refractivity contribution in [1.82, 2.24) is 4.98 Å². The van der Waals surface area contributed by atoms with E-state index in [9.17, 15) is 4.79 Å². The Morgan fingerprint density at radius 3 is 2.47 bits per heavy atom. The summed E-state index contributed by atoms with van der Waals surface area (Å²) in [5, 5.41) is 8.74. The van der Waals surface area contributed by atoms with Gasteiger partial charge in [0.15, 0.2) is 5.78 Å². The second-order valence-electron chi connectivity index (χ2n) is 3.95. The number of nitrogens with one attached hydrogen (secondary N) is 1. The number of carbonyl (C=O) groups excluding carboxylic acids is 1. The van der Waals surface area contributed by atoms with Gasteiger partial charge in [0.05, 0.1) is 11.6 Å². The van der Waals surface area contributed by atoms with Crippen molar-refractivity contribution in [3.8, 4) is 17.2 Å². The van der Waals surface area contributed by atoms with E-state index in [2.05, 4.69) is 11.1 Å². The third-order valence-electron chi connectivity index (χ3n) is 2.75. The highest BCUT2D eigenvalue weighted by Gasteiger charge is 2.13. The van der Waals surface area contributed by atoms with Crippen molar-refractivity contribution in [1.29, 1.82) is 5.26 Å². The molecule has 17 heavy (non-hydrogen) atoms. The number of Topliss-reactive ketones (excluding diaryl/α,β-unsaturated/α-hetero) is 1. The maximum Gasteiger partial charge on any atom is 0.162 e. The number of aromatic nitrogens is 1. The summed E-state index contributed by atoms with van der Waals surface area (Å²) in [4.78, 5) is 14.6. The number of hydrogen-bond acceptors (Lipinski definition) is 2. The molecule has 0 saturated carbocycles. The molecule has 0 aliphatic carbocycles. The molecule has 1 aromatic carbocycles. The topological polar surface area (TPSA) is 56.6 Å². The fourth-order valence-corrected chi connectivity index (χ4v) is 1.93. The van der Waals surface area contributed by atoms with Crippen molar-refractivity contribution < 1.29 is 4.79 Å². The van der Waals surface area contributed by atoms with E-state index < -0.39 is 0 Å². The Kier molecular flexibility index (Phi) is 2.80. The summed E-state index contributed by atoms with van der Waals surface area (Å²) in [5.74, 6) is 0.0445. The quantitative estimate of drug-likeness (QED) is 0.797. The van der Waals surface area contributed by atoms with Crippen molar-refractivity contribution in [3.05, 3.63) is 47.3 Å². The molecule has 0 amide bonds. The normalized spacial score (nSPS) is 9.94. The van der Waals surface area contributed by atoms with Crippen LogP contribution in [0.5, 0.6) is 0 Å². The van der Waals surface area contributed by atoms with E-state index >= 15 is 0 Å². The van der Waals surface area contributed by atoms with Crippen molar-refractivity contribution >= 4 is 5.78 Å². The van der Waals surface area contributed by atoms with Gasteiger partial charge in [-0.25, -0.2) is 0 Å². The minimum Gasteiger partial charge on any atom is -0.364 e. The van der Waals surface area contributed by atoms with E-state index in [1.165, 1.54) is 0 Å². The zero-order valence-corrected chi connectivity index (χ0v) is 9.74. The van der Waals surface area contributed by atoms with Crippen LogP contribution in [0.15, 0.2) is 30.5 Å². The average Bonchev–Trinajstić information content (AvgIpc) is 2.71. The van der Waals surface area contributed by atoms with Gasteiger partial charge in [-0.15, -0.1) is 0 Å². The lowest BCUT2D eigenvalue weighted by atomic mass is 10.00. The minimum absolute atomic E-state index is 0.0445. The van der Waals surface area contributed by atoms with Gasteiger partial charge in [0.25, 0.3) is 0 Å². The number of nitrogens with zero attached hydrogens (tertiary/aromatic N) is 1. The van der Waals surface area contributed by atoms with Crippen molar-refractivity contribution in [2.75, 3.05) is 0 Å². The molecule has 0 aliphatic rings. The Bertz CT molecular complexity index is 600. The summed E-state index contributed by atoms with van der Waals surface area (Å²) < 4.78 is 0. The summed E-state index contributed by atoms with van der Waals surface area (Å²) in [6, 6.07) is 9.29. The van der Waals surface area contributed by atoms with Crippen molar-refractivity contribution in [2.24, 2.45) is 0 Å². The van der Waals surface area contributed by atoms with E-state index in [1.807, 2.05) is 25.3 Å². The SMILES string of the molecule is CC(=O)c1c(-c2ccc(C#N)cc2)c[nH]c1C. The van der Waals surface area contributed by atoms with Crippen LogP contribution >= 0.6 is 0 Å². The van der Waals surface area contributed by atoms with Crippen LogP contribution in [0, 0.1) is 18.3 Å². The third kappa shape index (κ3) is 1.98. The smallest absolute Gasteiger partial charge is 0.162 e. The lowest BCUT2D eigenvalue weighted by Crippen LogP contribution is -1.95. The number of carbonyl (C=O) groups is 1. The number of aromatic amines is 1. The Labute approximate surface area is 99.7 Å². The molecule has 3 heteroatoms. The number of hydrogen-bond donors (Lipinski definition) is 1. The first-order valence-corrected chi connectivity index (χ1v) is 5.33. The van der Waals surface area contributed by atoms with Gasteiger partial charge in [-0.1, -0.05) is 12.1 Å². The largest absolute Gasteiger partial charge is 0.364 e. The highest BCUT2D eigenvalue weighted by atomic mass is 16.1. The molecule has 84 valence electrons. The first-order valence-electron chi connectivity index (χ1n) is 5.33. The monoisotopic (exact) mass is 224 g/mol. The highest BCUT2D eigenvalue weighted by Crippen LogP contribution is 2.26. The first kappa shape index (κ1) is 11.2. The maximum absolute atomic E-state index is 11.6. The van der Waals surface area contributed by atoms with Gasteiger partial charge in [-0.2, -0.15) is 5.26 Å². The standard InChI is InChI=1S/C14H12N2O/c1-9-14(10(2)17)13(8-16-9)12-5-3-11(7-15)4-6-12/h3-6,8,16H,1-2H3. The van der Waals surface area contributed by atoms with Gasteiger partial charge in [0.1, 0.15) is 0 Å². The molecular formula is C14H12N2O. The summed E-state index contributed by atoms with van der Waals surface area (Å²) in [6.45, 7) is 3.44. The van der Waals surface area contributed by atoms with Crippen LogP contribution in [0.1, 0.15) is 28.5 Å². The molecule has 0 radical (unpaired) electrons. The van der Waals surface area contributed by atoms with Gasteiger partial charge in [-0.3, -0.25) is 4.79 Å². The van der Waals surface area contributed by atoms with E-state index in [0.717, 1.165) is 22.4 Å². The van der Waals surface area contributed by atoms with Crippen LogP contribution in [-0.2, 0) is 0 Å². The van der Waals surface area contributed by atoms with Crippen molar-refractivity contribution in [2.45, 2.75) is 13.8 Å². The molecule has 0 spiro atoms. The van der Waals surface area contributed by atoms with Crippen LogP contribution in [0.4, 0.5) is 0 Å². The van der Waals surface area contributed by atoms with E-state index in [1.54, 1.807) is 19.1 Å². The first-order chi connectivity index (χ1) is 8.13. The fraction of sp³-hybridized carbons (Fsp3) is 0.143. The second kappa shape index (κ2) is 4.26. The number of benzene rings is 1. The maximum atomic E-state index is 11.6. The highest BCUT2D eigenvalue weighted by molar-refractivity contribution is 6.02. The zero-order valence-electron chi connectivity index (χ0n) is 9.74. The number of H-pyrrole nitrogens is 1. The van der Waals surface area contributed by atoms with Gasteiger partial charge in [0, 0.05) is 23.0 Å². The third-order valence-corrected chi connectivity index (χ3v) is 2.75. The molecule has 1 N–H and O–H groups in total. The number of ketones is 1. The average molecular weight is 224 g/mol. The molecule has 0 atom stereocenters. The molecule has 3 nitrogen and oxygen atoms in total. The second-order valence-corrected chi connectivity index (χ2v) is 3.95. The summed E-state index contributed by atoms with van der Waals surface area (Å²) in [6.07, 6.45) is 1.83. The molecule has 2 aromatic rings. The van der Waals surface area contributed by atoms with Gasteiger partial charge < -0.3 is 4.98 Å². The molecule has 0 fully saturated rings. The van der Waals surface area contributed by atoms with Crippen LogP contribution < -0.4 is 0 Å². The molecule has 0 unspecified atom stereocenters. The fourth-order valence-electron chi connectivity index (χ4n) is 1.93. The van der Waals surface area contributed by atoms with Crippen molar-refractivity contribution in [3.63, 3.8) is 0 Å². The summed E-state index contributed by atoms with van der Waals surface area (Å²) in [5.41, 5.74) is 4.04. The lowest BCUT2D eigenvalue weighted by molar-refractivity contribution is 0.101. The Morgan fingerprint density at radius 2 is 1.94 bits per heavy atom. The Balaban J connectivity index is 2.53. The molecule has 0 saturated heterocycles. The number of rotatable bonds is 2. The lowest BCUT2D eigenvalue weighted by Gasteiger charge is -2.02. The predicted octanol–water partition coefficient (Wildman–Crippen LogP) is 3.06. The van der Waals surface area contributed by atoms with Crippen LogP contribution in [0.25, 0.3) is 11.1 Å². The zero-order chi connectivity index (χ0) is 12.4. The molecule has 0 aliphatic heterocycles. The van der Waals surface area contributed by atoms with Gasteiger partial charge in [0.2, 0.25) is 0 Å². The Morgan fingerprint density at radius 1 is 1.29 bits per heavy atom. The van der Waals surface area contributed by atoms with E-state index in [-0.39, 0.29) is 5.78 Å². The molecular weight excluding hydrogens is 212 g/mol. The van der Waals surface area contributed by atoms with Crippen LogP contribution in [-0.4, -0.2) is 10.8 Å². The minimum atomic E-state index is 0.0445.